The van der Waals surface area contributed by atoms with E-state index >= 15 is 0 Å². The van der Waals surface area contributed by atoms with Crippen LogP contribution in [0.3, 0.4) is 0 Å². The van der Waals surface area contributed by atoms with Crippen molar-refractivity contribution in [1.29, 1.82) is 0 Å². The van der Waals surface area contributed by atoms with E-state index in [0.717, 1.165) is 11.8 Å². The first kappa shape index (κ1) is 20.5. The summed E-state index contributed by atoms with van der Waals surface area (Å²) < 4.78 is 0. The molecule has 2 heterocycles. The Morgan fingerprint density at radius 2 is 1.09 bits per heavy atom. The molecular weight excluding hydrogens is 412 g/mol. The van der Waals surface area contributed by atoms with Gasteiger partial charge < -0.3 is 10.6 Å². The molecule has 34 heavy (non-hydrogen) atoms. The van der Waals surface area contributed by atoms with E-state index in [-0.39, 0.29) is 0 Å². The molecule has 8 rings (SSSR count). The maximum absolute atomic E-state index is 3.98. The molecular formula is C32H40N2. The summed E-state index contributed by atoms with van der Waals surface area (Å²) in [6, 6.07) is 16.3. The van der Waals surface area contributed by atoms with Gasteiger partial charge >= 0.3 is 0 Å². The van der Waals surface area contributed by atoms with Crippen LogP contribution in [0.2, 0.25) is 0 Å². The van der Waals surface area contributed by atoms with Gasteiger partial charge in [-0.3, -0.25) is 0 Å². The first-order chi connectivity index (χ1) is 16.8. The van der Waals surface area contributed by atoms with Gasteiger partial charge in [0.1, 0.15) is 0 Å². The standard InChI is InChI=1S/C32H40N2/c1-3-13-31-15-17-33-29(27(31)9-1)19-23-21(7-5-11-25(23)31)22-8-6-12-26-24(22)20-30-28-10-2-4-14-32(26,28)16-18-34-30/h5-8,11-12,27-30,33-34H,1-4,9-10,13-20H2/t27-,28-,29+,30+,31-,32-/m0/s1. The molecule has 4 aliphatic carbocycles. The Hall–Kier alpha value is -1.64. The number of fused-ring (bicyclic) bond motifs is 2. The lowest BCUT2D eigenvalue weighted by Crippen LogP contribution is -2.59. The smallest absolute Gasteiger partial charge is 0.0145 e. The third-order valence-corrected chi connectivity index (χ3v) is 11.7. The minimum Gasteiger partial charge on any atom is -0.313 e. The number of benzene rings is 2. The van der Waals surface area contributed by atoms with Crippen LogP contribution in [0.4, 0.5) is 0 Å². The zero-order chi connectivity index (χ0) is 22.3. The zero-order valence-corrected chi connectivity index (χ0v) is 20.7. The van der Waals surface area contributed by atoms with Crippen LogP contribution in [0.25, 0.3) is 11.1 Å². The molecule has 2 aromatic carbocycles. The Bertz CT molecular complexity index is 1040. The summed E-state index contributed by atoms with van der Waals surface area (Å²) in [4.78, 5) is 0. The van der Waals surface area contributed by atoms with Gasteiger partial charge in [0.25, 0.3) is 0 Å². The monoisotopic (exact) mass is 452 g/mol. The molecule has 0 radical (unpaired) electrons. The van der Waals surface area contributed by atoms with Crippen LogP contribution in [-0.2, 0) is 23.7 Å². The molecule has 6 atom stereocenters. The molecule has 4 bridgehead atoms. The van der Waals surface area contributed by atoms with Gasteiger partial charge in [0.15, 0.2) is 0 Å². The maximum Gasteiger partial charge on any atom is 0.0145 e. The predicted molar refractivity (Wildman–Crippen MR) is 139 cm³/mol. The Morgan fingerprint density at radius 3 is 1.59 bits per heavy atom. The SMILES string of the molecule is c1cc(-c2cccc3c2C[C@H]2NCC[C@@]34CCCC[C@@H]24)c2c(c1)[C@@]13CCCC[C@H]1[C@@H](C2)NCC3. The van der Waals surface area contributed by atoms with Crippen molar-refractivity contribution in [2.45, 2.75) is 100.0 Å². The topological polar surface area (TPSA) is 24.1 Å². The third-order valence-electron chi connectivity index (χ3n) is 11.7. The Balaban J connectivity index is 1.32. The van der Waals surface area contributed by atoms with E-state index in [1.165, 1.54) is 90.1 Å². The van der Waals surface area contributed by atoms with Crippen LogP contribution in [0.15, 0.2) is 36.4 Å². The number of piperidine rings is 2. The highest BCUT2D eigenvalue weighted by atomic mass is 15.0. The second-order valence-electron chi connectivity index (χ2n) is 12.7. The van der Waals surface area contributed by atoms with Crippen molar-refractivity contribution in [1.82, 2.24) is 10.6 Å². The fourth-order valence-electron chi connectivity index (χ4n) is 10.4. The molecule has 0 unspecified atom stereocenters. The van der Waals surface area contributed by atoms with Crippen LogP contribution in [0, 0.1) is 11.8 Å². The molecule has 178 valence electrons. The van der Waals surface area contributed by atoms with Gasteiger partial charge in [-0.1, -0.05) is 62.1 Å². The summed E-state index contributed by atoms with van der Waals surface area (Å²) in [5.41, 5.74) is 10.9. The van der Waals surface area contributed by atoms with Crippen molar-refractivity contribution < 1.29 is 0 Å². The zero-order valence-electron chi connectivity index (χ0n) is 20.7. The van der Waals surface area contributed by atoms with Crippen molar-refractivity contribution in [3.63, 3.8) is 0 Å². The molecule has 2 saturated heterocycles. The fourth-order valence-corrected chi connectivity index (χ4v) is 10.4. The molecule has 0 spiro atoms. The second-order valence-corrected chi connectivity index (χ2v) is 12.7. The molecule has 2 aliphatic heterocycles. The molecule has 6 aliphatic rings. The lowest BCUT2D eigenvalue weighted by atomic mass is 9.51. The van der Waals surface area contributed by atoms with Crippen molar-refractivity contribution in [3.05, 3.63) is 58.7 Å². The summed E-state index contributed by atoms with van der Waals surface area (Å²) in [7, 11) is 0. The Labute approximate surface area is 205 Å². The molecule has 0 amide bonds. The largest absolute Gasteiger partial charge is 0.313 e. The molecule has 2 N–H and O–H groups in total. The average Bonchev–Trinajstić information content (AvgIpc) is 2.88. The number of rotatable bonds is 1. The molecule has 2 saturated carbocycles. The summed E-state index contributed by atoms with van der Waals surface area (Å²) in [6.07, 6.45) is 16.5. The lowest BCUT2D eigenvalue weighted by Gasteiger charge is -2.57. The van der Waals surface area contributed by atoms with E-state index in [9.17, 15) is 0 Å². The molecule has 0 aromatic heterocycles. The Kier molecular flexibility index (Phi) is 4.49. The van der Waals surface area contributed by atoms with Crippen LogP contribution in [-0.4, -0.2) is 25.2 Å². The first-order valence-corrected chi connectivity index (χ1v) is 14.5. The molecule has 4 fully saturated rings. The predicted octanol–water partition coefficient (Wildman–Crippen LogP) is 6.05. The van der Waals surface area contributed by atoms with Crippen LogP contribution in [0.5, 0.6) is 0 Å². The van der Waals surface area contributed by atoms with Crippen LogP contribution in [0.1, 0.15) is 86.5 Å². The molecule has 2 nitrogen and oxygen atoms in total. The fraction of sp³-hybridized carbons (Fsp3) is 0.625. The summed E-state index contributed by atoms with van der Waals surface area (Å²) in [5.74, 6) is 1.71. The summed E-state index contributed by atoms with van der Waals surface area (Å²) in [5, 5.41) is 7.97. The average molecular weight is 453 g/mol. The normalized spacial score (nSPS) is 39.9. The van der Waals surface area contributed by atoms with Crippen molar-refractivity contribution in [3.8, 4) is 11.1 Å². The van der Waals surface area contributed by atoms with E-state index in [1.54, 1.807) is 33.4 Å². The minimum absolute atomic E-state index is 0.442. The third kappa shape index (κ3) is 2.60. The first-order valence-electron chi connectivity index (χ1n) is 14.5. The highest BCUT2D eigenvalue weighted by molar-refractivity contribution is 5.75. The quantitative estimate of drug-likeness (QED) is 0.551. The summed E-state index contributed by atoms with van der Waals surface area (Å²) in [6.45, 7) is 2.42. The number of nitrogens with one attached hydrogen (secondary N) is 2. The minimum atomic E-state index is 0.442. The van der Waals surface area contributed by atoms with Gasteiger partial charge in [-0.05, 0) is 110 Å². The second kappa shape index (κ2) is 7.43. The van der Waals surface area contributed by atoms with Crippen LogP contribution < -0.4 is 10.6 Å². The van der Waals surface area contributed by atoms with Gasteiger partial charge in [0.2, 0.25) is 0 Å². The summed E-state index contributed by atoms with van der Waals surface area (Å²) >= 11 is 0. The van der Waals surface area contributed by atoms with E-state index in [2.05, 4.69) is 47.0 Å². The number of hydrogen-bond donors (Lipinski definition) is 2. The van der Waals surface area contributed by atoms with Gasteiger partial charge in [0, 0.05) is 22.9 Å². The maximum atomic E-state index is 3.98. The van der Waals surface area contributed by atoms with Crippen molar-refractivity contribution >= 4 is 0 Å². The Morgan fingerprint density at radius 1 is 0.588 bits per heavy atom. The van der Waals surface area contributed by atoms with Gasteiger partial charge in [-0.15, -0.1) is 0 Å². The number of hydrogen-bond acceptors (Lipinski definition) is 2. The van der Waals surface area contributed by atoms with Gasteiger partial charge in [-0.2, -0.15) is 0 Å². The highest BCUT2D eigenvalue weighted by Gasteiger charge is 2.53. The molecule has 2 aromatic rings. The van der Waals surface area contributed by atoms with Crippen molar-refractivity contribution in [2.24, 2.45) is 11.8 Å². The van der Waals surface area contributed by atoms with E-state index in [1.807, 2.05) is 0 Å². The van der Waals surface area contributed by atoms with Gasteiger partial charge in [0.05, 0.1) is 0 Å². The van der Waals surface area contributed by atoms with E-state index < -0.39 is 0 Å². The van der Waals surface area contributed by atoms with E-state index in [0.29, 0.717) is 22.9 Å². The van der Waals surface area contributed by atoms with Gasteiger partial charge in [-0.25, -0.2) is 0 Å². The lowest BCUT2D eigenvalue weighted by molar-refractivity contribution is 0.0793. The highest BCUT2D eigenvalue weighted by Crippen LogP contribution is 2.57. The molecule has 2 heteroatoms. The van der Waals surface area contributed by atoms with E-state index in [4.69, 9.17) is 0 Å². The van der Waals surface area contributed by atoms with Crippen LogP contribution >= 0.6 is 0 Å². The van der Waals surface area contributed by atoms with Crippen molar-refractivity contribution in [2.75, 3.05) is 13.1 Å².